The van der Waals surface area contributed by atoms with Crippen LogP contribution in [0.4, 0.5) is 11.9 Å². The Kier molecular flexibility index (Phi) is 5.36. The topological polar surface area (TPSA) is 71.8 Å². The first kappa shape index (κ1) is 19.2. The number of carbonyl (C=O) groups excluding carboxylic acids is 1. The molecule has 0 saturated heterocycles. The van der Waals surface area contributed by atoms with E-state index in [-0.39, 0.29) is 17.9 Å². The third-order valence-electron chi connectivity index (χ3n) is 4.78. The van der Waals surface area contributed by atoms with E-state index in [9.17, 15) is 4.79 Å². The van der Waals surface area contributed by atoms with Crippen LogP contribution < -0.4 is 10.6 Å². The van der Waals surface area contributed by atoms with Gasteiger partial charge in [-0.15, -0.1) is 5.10 Å². The molecule has 1 aromatic heterocycles. The van der Waals surface area contributed by atoms with Crippen LogP contribution in [0.25, 0.3) is 5.70 Å². The van der Waals surface area contributed by atoms with E-state index >= 15 is 0 Å². The Bertz CT molecular complexity index is 1070. The number of hydrogen-bond acceptors (Lipinski definition) is 4. The van der Waals surface area contributed by atoms with Crippen LogP contribution in [0.3, 0.4) is 0 Å². The lowest BCUT2D eigenvalue weighted by Gasteiger charge is -2.25. The number of benzene rings is 2. The zero-order valence-corrected chi connectivity index (χ0v) is 17.1. The molecule has 0 spiro atoms. The molecule has 4 rings (SSSR count). The average molecular weight is 408 g/mol. The minimum absolute atomic E-state index is 0.101. The van der Waals surface area contributed by atoms with Crippen molar-refractivity contribution in [2.24, 2.45) is 0 Å². The molecule has 1 aliphatic heterocycles. The first-order valence-electron chi connectivity index (χ1n) is 9.62. The van der Waals surface area contributed by atoms with Gasteiger partial charge in [-0.2, -0.15) is 4.98 Å². The predicted molar refractivity (Wildman–Crippen MR) is 116 cm³/mol. The summed E-state index contributed by atoms with van der Waals surface area (Å²) in [5.74, 6) is 0.734. The number of hydrogen-bond donors (Lipinski definition) is 2. The Morgan fingerprint density at radius 2 is 1.97 bits per heavy atom. The summed E-state index contributed by atoms with van der Waals surface area (Å²) >= 11 is 6.49. The summed E-state index contributed by atoms with van der Waals surface area (Å²) in [6, 6.07) is 15.7. The number of rotatable bonds is 5. The molecule has 3 aromatic rings. The van der Waals surface area contributed by atoms with E-state index in [0.717, 1.165) is 23.2 Å². The fourth-order valence-corrected chi connectivity index (χ4v) is 3.55. The lowest BCUT2D eigenvalue weighted by atomic mass is 10.0. The molecule has 148 valence electrons. The van der Waals surface area contributed by atoms with Gasteiger partial charge < -0.3 is 5.32 Å². The van der Waals surface area contributed by atoms with Crippen LogP contribution in [0.2, 0.25) is 5.02 Å². The van der Waals surface area contributed by atoms with Crippen LogP contribution in [0.15, 0.2) is 54.6 Å². The average Bonchev–Trinajstić information content (AvgIpc) is 3.10. The molecule has 1 aliphatic rings. The van der Waals surface area contributed by atoms with Crippen molar-refractivity contribution < 1.29 is 4.79 Å². The molecule has 0 bridgehead atoms. The smallest absolute Gasteiger partial charge is 0.250 e. The number of fused-ring (bicyclic) bond motifs is 1. The monoisotopic (exact) mass is 407 g/mol. The summed E-state index contributed by atoms with van der Waals surface area (Å²) in [6.07, 6.45) is 3.27. The lowest BCUT2D eigenvalue weighted by molar-refractivity contribution is -0.116. The predicted octanol–water partition coefficient (Wildman–Crippen LogP) is 5.03. The van der Waals surface area contributed by atoms with Gasteiger partial charge in [-0.05, 0) is 36.6 Å². The van der Waals surface area contributed by atoms with Gasteiger partial charge in [0.1, 0.15) is 6.04 Å². The number of aryl methyl sites for hydroxylation is 1. The van der Waals surface area contributed by atoms with Gasteiger partial charge in [0.25, 0.3) is 5.95 Å². The van der Waals surface area contributed by atoms with E-state index < -0.39 is 0 Å². The molecule has 1 atom stereocenters. The van der Waals surface area contributed by atoms with E-state index in [4.69, 9.17) is 11.6 Å². The minimum Gasteiger partial charge on any atom is -0.324 e. The minimum atomic E-state index is -0.249. The summed E-state index contributed by atoms with van der Waals surface area (Å²) in [5.41, 5.74) is 4.06. The highest BCUT2D eigenvalue weighted by molar-refractivity contribution is 6.31. The first-order chi connectivity index (χ1) is 14.0. The number of amides is 1. The lowest BCUT2D eigenvalue weighted by Crippen LogP contribution is -2.20. The molecule has 0 fully saturated rings. The Morgan fingerprint density at radius 1 is 1.21 bits per heavy atom. The van der Waals surface area contributed by atoms with Gasteiger partial charge in [-0.3, -0.25) is 10.1 Å². The summed E-state index contributed by atoms with van der Waals surface area (Å²) < 4.78 is 1.75. The number of nitrogens with one attached hydrogen (secondary N) is 2. The van der Waals surface area contributed by atoms with Crippen LogP contribution in [-0.2, 0) is 4.79 Å². The van der Waals surface area contributed by atoms with Crippen LogP contribution in [0, 0.1) is 6.92 Å². The Hall–Kier alpha value is -3.12. The molecule has 0 radical (unpaired) electrons. The van der Waals surface area contributed by atoms with Crippen molar-refractivity contribution in [3.63, 3.8) is 0 Å². The highest BCUT2D eigenvalue weighted by Gasteiger charge is 2.27. The van der Waals surface area contributed by atoms with Crippen molar-refractivity contribution in [2.75, 3.05) is 10.6 Å². The van der Waals surface area contributed by atoms with Crippen molar-refractivity contribution in [3.05, 3.63) is 76.3 Å². The fraction of sp³-hybridized carbons (Fsp3) is 0.227. The zero-order valence-electron chi connectivity index (χ0n) is 16.3. The number of nitrogens with zero attached hydrogens (tertiary/aromatic N) is 3. The molecule has 6 nitrogen and oxygen atoms in total. The van der Waals surface area contributed by atoms with Crippen molar-refractivity contribution in [1.82, 2.24) is 14.8 Å². The van der Waals surface area contributed by atoms with Gasteiger partial charge in [-0.1, -0.05) is 66.6 Å². The Morgan fingerprint density at radius 3 is 2.69 bits per heavy atom. The summed E-state index contributed by atoms with van der Waals surface area (Å²) in [5, 5.41) is 11.3. The fourth-order valence-electron chi connectivity index (χ4n) is 3.30. The molecule has 2 N–H and O–H groups in total. The molecule has 29 heavy (non-hydrogen) atoms. The molecule has 2 heterocycles. The van der Waals surface area contributed by atoms with Gasteiger partial charge in [0.2, 0.25) is 11.9 Å². The number of allylic oxidation sites excluding steroid dienone is 1. The second kappa shape index (κ2) is 8.09. The molecular weight excluding hydrogens is 386 g/mol. The first-order valence-corrected chi connectivity index (χ1v) is 9.99. The van der Waals surface area contributed by atoms with Crippen molar-refractivity contribution in [3.8, 4) is 0 Å². The standard InChI is InChI=1S/C22H22ClN5O/c1-3-6-20(29)25-21-26-22-24-18(15-11-9-14(2)10-12-15)13-19(28(22)27-21)16-7-4-5-8-17(16)23/h4-5,7-13,19H,3,6H2,1-2H3,(H2,24,25,26,27,29). The molecule has 1 amide bonds. The van der Waals surface area contributed by atoms with E-state index in [1.165, 1.54) is 5.56 Å². The van der Waals surface area contributed by atoms with Gasteiger partial charge in [0, 0.05) is 17.1 Å². The number of aromatic nitrogens is 3. The van der Waals surface area contributed by atoms with Crippen LogP contribution in [-0.4, -0.2) is 20.7 Å². The van der Waals surface area contributed by atoms with Crippen molar-refractivity contribution in [2.45, 2.75) is 32.7 Å². The van der Waals surface area contributed by atoms with E-state index in [1.54, 1.807) is 4.68 Å². The second-order valence-corrected chi connectivity index (χ2v) is 7.45. The third-order valence-corrected chi connectivity index (χ3v) is 5.12. The number of carbonyl (C=O) groups is 1. The zero-order chi connectivity index (χ0) is 20.4. The highest BCUT2D eigenvalue weighted by Crippen LogP contribution is 2.35. The SMILES string of the molecule is CCCC(=O)Nc1nc2n(n1)C(c1ccccc1Cl)C=C(c1ccc(C)cc1)N2. The largest absolute Gasteiger partial charge is 0.324 e. The van der Waals surface area contributed by atoms with Crippen LogP contribution >= 0.6 is 11.6 Å². The quantitative estimate of drug-likeness (QED) is 0.621. The van der Waals surface area contributed by atoms with Crippen molar-refractivity contribution in [1.29, 1.82) is 0 Å². The van der Waals surface area contributed by atoms with Gasteiger partial charge >= 0.3 is 0 Å². The van der Waals surface area contributed by atoms with E-state index in [0.29, 0.717) is 17.4 Å². The number of halogens is 1. The Labute approximate surface area is 174 Å². The summed E-state index contributed by atoms with van der Waals surface area (Å²) in [7, 11) is 0. The van der Waals surface area contributed by atoms with Gasteiger partial charge in [-0.25, -0.2) is 4.68 Å². The second-order valence-electron chi connectivity index (χ2n) is 7.04. The highest BCUT2D eigenvalue weighted by atomic mass is 35.5. The van der Waals surface area contributed by atoms with E-state index in [2.05, 4.69) is 58.0 Å². The maximum Gasteiger partial charge on any atom is 0.250 e. The summed E-state index contributed by atoms with van der Waals surface area (Å²) in [6.45, 7) is 4.01. The van der Waals surface area contributed by atoms with E-state index in [1.807, 2.05) is 31.2 Å². The molecular formula is C22H22ClN5O. The number of anilines is 2. The van der Waals surface area contributed by atoms with Gasteiger partial charge in [0.15, 0.2) is 0 Å². The molecule has 1 unspecified atom stereocenters. The maximum absolute atomic E-state index is 12.0. The van der Waals surface area contributed by atoms with Crippen LogP contribution in [0.1, 0.15) is 42.5 Å². The Balaban J connectivity index is 1.76. The molecule has 0 aliphatic carbocycles. The van der Waals surface area contributed by atoms with Crippen molar-refractivity contribution >= 4 is 35.1 Å². The summed E-state index contributed by atoms with van der Waals surface area (Å²) in [4.78, 5) is 16.5. The van der Waals surface area contributed by atoms with Crippen LogP contribution in [0.5, 0.6) is 0 Å². The molecule has 7 heteroatoms. The molecule has 2 aromatic carbocycles. The molecule has 0 saturated carbocycles. The normalized spacial score (nSPS) is 15.3. The maximum atomic E-state index is 12.0. The van der Waals surface area contributed by atoms with Gasteiger partial charge in [0.05, 0.1) is 0 Å². The third kappa shape index (κ3) is 4.03.